The number of furan rings is 2. The van der Waals surface area contributed by atoms with Crippen molar-refractivity contribution in [1.29, 1.82) is 15.8 Å². The summed E-state index contributed by atoms with van der Waals surface area (Å²) in [6.07, 6.45) is 10.3. The van der Waals surface area contributed by atoms with Crippen LogP contribution in [0.4, 0.5) is 11.6 Å². The van der Waals surface area contributed by atoms with Gasteiger partial charge in [0, 0.05) is 0 Å². The van der Waals surface area contributed by atoms with Crippen LogP contribution in [0.15, 0.2) is 55.2 Å². The molecule has 6 heterocycles. The maximum absolute atomic E-state index is 12.9. The Morgan fingerprint density at radius 1 is 0.776 bits per heavy atom. The number of nitriles is 3. The predicted octanol–water partition coefficient (Wildman–Crippen LogP) is 4.49. The van der Waals surface area contributed by atoms with Gasteiger partial charge in [0.15, 0.2) is 0 Å². The predicted molar refractivity (Wildman–Crippen MR) is 175 cm³/mol. The summed E-state index contributed by atoms with van der Waals surface area (Å²) in [4.78, 5) is 38.4. The van der Waals surface area contributed by atoms with Crippen molar-refractivity contribution in [2.75, 3.05) is 28.1 Å². The molecule has 0 atom stereocenters. The number of rotatable bonds is 4. The number of pyridine rings is 2. The van der Waals surface area contributed by atoms with E-state index in [1.54, 1.807) is 31.2 Å². The minimum absolute atomic E-state index is 0.0930. The smallest absolute Gasteiger partial charge is 0.342 e. The van der Waals surface area contributed by atoms with Crippen LogP contribution in [0.5, 0.6) is 0 Å². The second kappa shape index (κ2) is 12.0. The standard InChI is InChI=1S/C18H18N4O4.C16H13N5O2/c1-2-25-17(24)14-13(12-6-5-9-26-12)11(10-19)16(23)22-15(14)20-18(21-22)7-3-4-8-18;17-8-10-13(12-4-3-7-23-12)11(9-18)15(22)21-14(10)19-16(20-21)5-1-2-6-16/h5-6,9,20-21H,2-4,7-8H2,1H3;3-4,7,19-20H,1-2,5-6H2. The number of fused-ring (bicyclic) bond motifs is 2. The molecule has 2 spiro atoms. The Hall–Kier alpha value is -6.40. The van der Waals surface area contributed by atoms with Crippen molar-refractivity contribution < 1.29 is 18.4 Å². The van der Waals surface area contributed by atoms with Gasteiger partial charge >= 0.3 is 5.97 Å². The maximum Gasteiger partial charge on any atom is 0.342 e. The van der Waals surface area contributed by atoms with Gasteiger partial charge < -0.3 is 24.2 Å². The molecule has 15 heteroatoms. The van der Waals surface area contributed by atoms with Gasteiger partial charge in [0.1, 0.15) is 74.9 Å². The monoisotopic (exact) mass is 661 g/mol. The number of carbonyl (C=O) groups is 1. The van der Waals surface area contributed by atoms with Gasteiger partial charge in [-0.2, -0.15) is 15.8 Å². The zero-order chi connectivity index (χ0) is 34.3. The Bertz CT molecular complexity index is 2200. The Morgan fingerprint density at radius 3 is 1.71 bits per heavy atom. The molecule has 4 aliphatic rings. The van der Waals surface area contributed by atoms with Crippen molar-refractivity contribution in [3.05, 3.63) is 79.8 Å². The lowest BCUT2D eigenvalue weighted by Crippen LogP contribution is -2.42. The van der Waals surface area contributed by atoms with E-state index in [0.29, 0.717) is 17.4 Å². The fourth-order valence-electron chi connectivity index (χ4n) is 7.22. The van der Waals surface area contributed by atoms with Gasteiger partial charge in [0.05, 0.1) is 30.3 Å². The summed E-state index contributed by atoms with van der Waals surface area (Å²) in [6.45, 7) is 1.88. The van der Waals surface area contributed by atoms with E-state index < -0.39 is 28.4 Å². The van der Waals surface area contributed by atoms with E-state index in [1.807, 2.05) is 12.1 Å². The molecule has 4 aromatic rings. The quantitative estimate of drug-likeness (QED) is 0.222. The first-order valence-corrected chi connectivity index (χ1v) is 16.0. The lowest BCUT2D eigenvalue weighted by Gasteiger charge is -2.23. The van der Waals surface area contributed by atoms with Gasteiger partial charge in [-0.15, -0.1) is 0 Å². The SMILES string of the molecule is CCOC(=O)c1c(-c2ccco2)c(C#N)c(=O)n2c1NC1(CCCC1)N2.N#Cc1c(-c2ccco2)c(C#N)c(=O)n2c1NC1(CCCC1)N2. The number of ether oxygens (including phenoxy) is 1. The topological polar surface area (TPSA) is 216 Å². The highest BCUT2D eigenvalue weighted by Gasteiger charge is 2.44. The number of anilines is 2. The van der Waals surface area contributed by atoms with Gasteiger partial charge in [-0.3, -0.25) is 20.4 Å². The number of hydrogen-bond acceptors (Lipinski definition) is 13. The van der Waals surface area contributed by atoms with Crippen molar-refractivity contribution in [2.45, 2.75) is 69.6 Å². The molecule has 15 nitrogen and oxygen atoms in total. The van der Waals surface area contributed by atoms with Crippen LogP contribution < -0.4 is 32.6 Å². The molecule has 0 amide bonds. The van der Waals surface area contributed by atoms with E-state index in [2.05, 4.69) is 27.6 Å². The highest BCUT2D eigenvalue weighted by atomic mass is 16.5. The third kappa shape index (κ3) is 4.97. The molecule has 2 saturated carbocycles. The molecular formula is C34H31N9O6. The van der Waals surface area contributed by atoms with E-state index in [-0.39, 0.29) is 45.7 Å². The number of aromatic nitrogens is 2. The molecule has 4 aromatic heterocycles. The minimum atomic E-state index is -0.608. The van der Waals surface area contributed by atoms with Gasteiger partial charge in [0.2, 0.25) is 0 Å². The van der Waals surface area contributed by atoms with Crippen molar-refractivity contribution in [3.63, 3.8) is 0 Å². The third-order valence-corrected chi connectivity index (χ3v) is 9.39. The van der Waals surface area contributed by atoms with E-state index >= 15 is 0 Å². The number of nitrogens with one attached hydrogen (secondary N) is 4. The highest BCUT2D eigenvalue weighted by Crippen LogP contribution is 2.41. The van der Waals surface area contributed by atoms with Crippen LogP contribution in [-0.4, -0.2) is 33.3 Å². The first-order valence-electron chi connectivity index (χ1n) is 16.0. The minimum Gasteiger partial charge on any atom is -0.464 e. The molecule has 0 aromatic carbocycles. The molecule has 2 fully saturated rings. The lowest BCUT2D eigenvalue weighted by atomic mass is 10.0. The second-order valence-electron chi connectivity index (χ2n) is 12.3. The molecule has 0 unspecified atom stereocenters. The maximum atomic E-state index is 12.9. The normalized spacial score (nSPS) is 16.9. The molecule has 0 bridgehead atoms. The molecule has 8 rings (SSSR count). The third-order valence-electron chi connectivity index (χ3n) is 9.39. The van der Waals surface area contributed by atoms with Crippen LogP contribution in [0.2, 0.25) is 0 Å². The van der Waals surface area contributed by atoms with E-state index in [4.69, 9.17) is 13.6 Å². The molecule has 4 N–H and O–H groups in total. The first kappa shape index (κ1) is 31.2. The van der Waals surface area contributed by atoms with Crippen molar-refractivity contribution in [2.24, 2.45) is 0 Å². The molecule has 49 heavy (non-hydrogen) atoms. The second-order valence-corrected chi connectivity index (χ2v) is 12.3. The van der Waals surface area contributed by atoms with Crippen molar-refractivity contribution in [3.8, 4) is 40.9 Å². The summed E-state index contributed by atoms with van der Waals surface area (Å²) >= 11 is 0. The average molecular weight is 662 g/mol. The van der Waals surface area contributed by atoms with Gasteiger partial charge in [-0.05, 0) is 82.6 Å². The average Bonchev–Trinajstić information content (AvgIpc) is 3.96. The first-order chi connectivity index (χ1) is 23.8. The molecule has 2 aliphatic carbocycles. The molecule has 2 aliphatic heterocycles. The van der Waals surface area contributed by atoms with Crippen molar-refractivity contribution in [1.82, 2.24) is 9.35 Å². The Labute approximate surface area is 279 Å². The molecule has 0 radical (unpaired) electrons. The molecular weight excluding hydrogens is 630 g/mol. The fourth-order valence-corrected chi connectivity index (χ4v) is 7.22. The Kier molecular flexibility index (Phi) is 7.64. The summed E-state index contributed by atoms with van der Waals surface area (Å²) in [7, 11) is 0. The summed E-state index contributed by atoms with van der Waals surface area (Å²) in [6, 6.07) is 12.5. The summed E-state index contributed by atoms with van der Waals surface area (Å²) < 4.78 is 18.5. The van der Waals surface area contributed by atoms with Crippen LogP contribution in [0, 0.1) is 34.0 Å². The zero-order valence-electron chi connectivity index (χ0n) is 26.5. The van der Waals surface area contributed by atoms with Gasteiger partial charge in [0.25, 0.3) is 11.1 Å². The van der Waals surface area contributed by atoms with E-state index in [0.717, 1.165) is 51.4 Å². The number of esters is 1. The van der Waals surface area contributed by atoms with Crippen molar-refractivity contribution >= 4 is 17.6 Å². The van der Waals surface area contributed by atoms with Crippen LogP contribution in [0.1, 0.15) is 85.3 Å². The number of hydrogen-bond donors (Lipinski definition) is 4. The summed E-state index contributed by atoms with van der Waals surface area (Å²) in [5.41, 5.74) is 4.99. The summed E-state index contributed by atoms with van der Waals surface area (Å²) in [5.74, 6) is 0.737. The number of nitrogens with zero attached hydrogens (tertiary/aromatic N) is 5. The van der Waals surface area contributed by atoms with Crippen LogP contribution >= 0.6 is 0 Å². The van der Waals surface area contributed by atoms with Crippen LogP contribution in [0.25, 0.3) is 22.6 Å². The van der Waals surface area contributed by atoms with Crippen LogP contribution in [-0.2, 0) is 4.74 Å². The van der Waals surface area contributed by atoms with Crippen LogP contribution in [0.3, 0.4) is 0 Å². The lowest BCUT2D eigenvalue weighted by molar-refractivity contribution is 0.0527. The largest absolute Gasteiger partial charge is 0.464 e. The van der Waals surface area contributed by atoms with E-state index in [9.17, 15) is 30.2 Å². The zero-order valence-corrected chi connectivity index (χ0v) is 26.5. The Balaban J connectivity index is 0.000000155. The fraction of sp³-hybridized carbons (Fsp3) is 0.353. The molecule has 248 valence electrons. The highest BCUT2D eigenvalue weighted by molar-refractivity contribution is 6.03. The summed E-state index contributed by atoms with van der Waals surface area (Å²) in [5, 5.41) is 35.3. The van der Waals surface area contributed by atoms with Gasteiger partial charge in [-0.25, -0.2) is 14.1 Å². The molecule has 0 saturated heterocycles. The van der Waals surface area contributed by atoms with E-state index in [1.165, 1.54) is 21.9 Å². The van der Waals surface area contributed by atoms with Gasteiger partial charge in [-0.1, -0.05) is 0 Å². The number of carbonyl (C=O) groups excluding carboxylic acids is 1. The Morgan fingerprint density at radius 2 is 1.24 bits per heavy atom.